The highest BCUT2D eigenvalue weighted by Gasteiger charge is 2.25. The molecule has 0 aliphatic heterocycles. The van der Waals surface area contributed by atoms with Crippen LogP contribution in [-0.4, -0.2) is 119 Å². The van der Waals surface area contributed by atoms with Gasteiger partial charge in [0.05, 0.1) is 26.4 Å². The molecule has 0 aromatic heterocycles. The average molecular weight is 644 g/mol. The molecule has 0 radical (unpaired) electrons. The number of rotatable bonds is 24. The molecule has 5 amide bonds. The molecule has 0 spiro atoms. The molecule has 0 bridgehead atoms. The summed E-state index contributed by atoms with van der Waals surface area (Å²) in [6.45, 7) is 3.79. The first-order chi connectivity index (χ1) is 20.6. The molecule has 1 unspecified atom stereocenters. The Labute approximate surface area is 263 Å². The van der Waals surface area contributed by atoms with Crippen LogP contribution in [-0.2, 0) is 38.4 Å². The predicted molar refractivity (Wildman–Crippen MR) is 165 cm³/mol. The van der Waals surface area contributed by atoms with Crippen molar-refractivity contribution in [3.63, 3.8) is 0 Å². The maximum atomic E-state index is 12.9. The van der Waals surface area contributed by atoms with E-state index in [9.17, 15) is 38.4 Å². The summed E-state index contributed by atoms with van der Waals surface area (Å²) in [5.41, 5.74) is 16.5. The van der Waals surface area contributed by atoms with Gasteiger partial charge in [0.1, 0.15) is 24.2 Å². The smallest absolute Gasteiger partial charge is 0.243 e. The van der Waals surface area contributed by atoms with Gasteiger partial charge < -0.3 is 37.2 Å². The number of hydrogen-bond donors (Lipinski definition) is 4. The van der Waals surface area contributed by atoms with Gasteiger partial charge in [-0.3, -0.25) is 38.4 Å². The van der Waals surface area contributed by atoms with Gasteiger partial charge in [0, 0.05) is 52.0 Å². The van der Waals surface area contributed by atoms with Crippen LogP contribution in [0.25, 0.3) is 0 Å². The second kappa shape index (κ2) is 22.2. The van der Waals surface area contributed by atoms with Gasteiger partial charge in [0.25, 0.3) is 0 Å². The highest BCUT2D eigenvalue weighted by Crippen LogP contribution is 2.07. The summed E-state index contributed by atoms with van der Waals surface area (Å²) in [6.07, 6.45) is 1.51. The first-order valence-electron chi connectivity index (χ1n) is 14.5. The van der Waals surface area contributed by atoms with Crippen LogP contribution in [0.1, 0.15) is 65.7 Å². The van der Waals surface area contributed by atoms with Gasteiger partial charge in [-0.05, 0) is 24.3 Å². The lowest BCUT2D eigenvalue weighted by Gasteiger charge is -2.29. The van der Waals surface area contributed by atoms with Crippen molar-refractivity contribution >= 4 is 58.6 Å². The highest BCUT2D eigenvalue weighted by molar-refractivity contribution is 7.98. The number of thioether (sulfide) groups is 1. The van der Waals surface area contributed by atoms with Crippen LogP contribution in [0.5, 0.6) is 0 Å². The molecule has 44 heavy (non-hydrogen) atoms. The number of carbonyl (C=O) groups is 8. The van der Waals surface area contributed by atoms with Gasteiger partial charge >= 0.3 is 0 Å². The molecular formula is C28H49N7O8S. The van der Waals surface area contributed by atoms with E-state index in [1.54, 1.807) is 0 Å². The molecule has 0 aliphatic carbocycles. The Morgan fingerprint density at radius 2 is 1.18 bits per heavy atom. The van der Waals surface area contributed by atoms with Gasteiger partial charge in [0.2, 0.25) is 29.5 Å². The topological polar surface area (TPSA) is 236 Å². The third-order valence-corrected chi connectivity index (χ3v) is 7.13. The summed E-state index contributed by atoms with van der Waals surface area (Å²) >= 11 is 1.50. The minimum Gasteiger partial charge on any atom is -0.368 e. The van der Waals surface area contributed by atoms with E-state index in [0.717, 1.165) is 9.80 Å². The summed E-state index contributed by atoms with van der Waals surface area (Å²) in [5, 5.41) is 2.51. The molecule has 1 atom stereocenters. The van der Waals surface area contributed by atoms with Gasteiger partial charge in [-0.2, -0.15) is 11.8 Å². The molecule has 7 N–H and O–H groups in total. The minimum atomic E-state index is -0.809. The average Bonchev–Trinajstić information content (AvgIpc) is 2.96. The standard InChI is InChI=1S/C28H49N7O8S/c1-19(2)13-33(26(41)16-34(17-29)20(3)36)15-27(42)35(18-30)14-23(39)8-7-21(37)5-6-22(38)9-10-25(40)32-24(28(31)43)11-12-44-4/h19,24H,5-18,29-30H2,1-4H3,(H2,31,43)(H,32,40). The van der Waals surface area contributed by atoms with Crippen molar-refractivity contribution in [2.45, 2.75) is 71.8 Å². The first kappa shape index (κ1) is 40.6. The van der Waals surface area contributed by atoms with Crippen molar-refractivity contribution in [1.82, 2.24) is 20.0 Å². The molecule has 16 heteroatoms. The van der Waals surface area contributed by atoms with Crippen molar-refractivity contribution in [3.05, 3.63) is 0 Å². The SMILES string of the molecule is CSCCC(NC(=O)CCC(=O)CCC(=O)CCC(=O)CN(CN)C(=O)CN(CC(C)C)C(=O)CN(CN)C(C)=O)C(N)=O. The molecule has 0 saturated carbocycles. The van der Waals surface area contributed by atoms with E-state index >= 15 is 0 Å². The fourth-order valence-electron chi connectivity index (χ4n) is 3.92. The summed E-state index contributed by atoms with van der Waals surface area (Å²) in [7, 11) is 0. The Morgan fingerprint density at radius 3 is 1.64 bits per heavy atom. The van der Waals surface area contributed by atoms with E-state index < -0.39 is 35.5 Å². The molecule has 0 saturated heterocycles. The monoisotopic (exact) mass is 643 g/mol. The number of hydrogen-bond acceptors (Lipinski definition) is 11. The van der Waals surface area contributed by atoms with Gasteiger partial charge in [-0.25, -0.2) is 0 Å². The van der Waals surface area contributed by atoms with Crippen molar-refractivity contribution in [3.8, 4) is 0 Å². The summed E-state index contributed by atoms with van der Waals surface area (Å²) in [6, 6.07) is -0.809. The lowest BCUT2D eigenvalue weighted by Crippen LogP contribution is -2.50. The van der Waals surface area contributed by atoms with Gasteiger partial charge in [-0.15, -0.1) is 0 Å². The lowest BCUT2D eigenvalue weighted by molar-refractivity contribution is -0.144. The second-order valence-electron chi connectivity index (χ2n) is 10.8. The highest BCUT2D eigenvalue weighted by atomic mass is 32.2. The Kier molecular flexibility index (Phi) is 20.5. The zero-order valence-corrected chi connectivity index (χ0v) is 27.1. The number of ketones is 3. The van der Waals surface area contributed by atoms with E-state index in [2.05, 4.69) is 5.32 Å². The molecule has 0 aromatic carbocycles. The molecule has 0 heterocycles. The maximum Gasteiger partial charge on any atom is 0.243 e. The van der Waals surface area contributed by atoms with Crippen LogP contribution in [0.4, 0.5) is 0 Å². The number of primary amides is 1. The molecule has 0 fully saturated rings. The second-order valence-corrected chi connectivity index (χ2v) is 11.7. The van der Waals surface area contributed by atoms with Crippen LogP contribution in [0.2, 0.25) is 0 Å². The van der Waals surface area contributed by atoms with E-state index in [-0.39, 0.29) is 101 Å². The number of nitrogens with one attached hydrogen (secondary N) is 1. The van der Waals surface area contributed by atoms with Gasteiger partial charge in [0.15, 0.2) is 5.78 Å². The summed E-state index contributed by atoms with van der Waals surface area (Å²) in [4.78, 5) is 101. The van der Waals surface area contributed by atoms with Crippen LogP contribution in [0.15, 0.2) is 0 Å². The Hall–Kier alpha value is -3.37. The van der Waals surface area contributed by atoms with E-state index in [0.29, 0.717) is 12.2 Å². The first-order valence-corrected chi connectivity index (χ1v) is 15.9. The zero-order chi connectivity index (χ0) is 33.8. The number of amides is 5. The maximum absolute atomic E-state index is 12.9. The molecule has 0 rings (SSSR count). The minimum absolute atomic E-state index is 0.0161. The van der Waals surface area contributed by atoms with Crippen LogP contribution < -0.4 is 22.5 Å². The quantitative estimate of drug-likeness (QED) is 0.0907. The Bertz CT molecular complexity index is 1020. The van der Waals surface area contributed by atoms with Crippen molar-refractivity contribution in [2.24, 2.45) is 23.1 Å². The fourth-order valence-corrected chi connectivity index (χ4v) is 4.39. The molecule has 0 aliphatic rings. The van der Waals surface area contributed by atoms with Crippen LogP contribution in [0, 0.1) is 5.92 Å². The number of Topliss-reactive ketones (excluding diaryl/α,β-unsaturated/α-hetero) is 3. The third-order valence-electron chi connectivity index (χ3n) is 6.48. The van der Waals surface area contributed by atoms with E-state index in [1.807, 2.05) is 20.1 Å². The van der Waals surface area contributed by atoms with Crippen LogP contribution >= 0.6 is 11.8 Å². The van der Waals surface area contributed by atoms with Crippen molar-refractivity contribution < 1.29 is 38.4 Å². The number of nitrogens with zero attached hydrogens (tertiary/aromatic N) is 3. The van der Waals surface area contributed by atoms with E-state index in [4.69, 9.17) is 17.2 Å². The third kappa shape index (κ3) is 17.7. The van der Waals surface area contributed by atoms with Crippen molar-refractivity contribution in [1.29, 1.82) is 0 Å². The Balaban J connectivity index is 4.73. The largest absolute Gasteiger partial charge is 0.368 e. The molecule has 250 valence electrons. The number of nitrogens with two attached hydrogens (primary N) is 3. The fraction of sp³-hybridized carbons (Fsp3) is 0.714. The lowest BCUT2D eigenvalue weighted by atomic mass is 10.0. The zero-order valence-electron chi connectivity index (χ0n) is 26.3. The Morgan fingerprint density at radius 1 is 0.705 bits per heavy atom. The van der Waals surface area contributed by atoms with Crippen LogP contribution in [0.3, 0.4) is 0 Å². The van der Waals surface area contributed by atoms with E-state index in [1.165, 1.54) is 23.6 Å². The molecular weight excluding hydrogens is 594 g/mol. The molecule has 15 nitrogen and oxygen atoms in total. The normalized spacial score (nSPS) is 11.4. The summed E-state index contributed by atoms with van der Waals surface area (Å²) < 4.78 is 0. The summed E-state index contributed by atoms with van der Waals surface area (Å²) in [5.74, 6) is -2.96. The van der Waals surface area contributed by atoms with Gasteiger partial charge in [-0.1, -0.05) is 13.8 Å². The molecule has 0 aromatic rings. The predicted octanol–water partition coefficient (Wildman–Crippen LogP) is -1.25. The van der Waals surface area contributed by atoms with Crippen molar-refractivity contribution in [2.75, 3.05) is 51.5 Å². The number of carbonyl (C=O) groups excluding carboxylic acids is 8.